The van der Waals surface area contributed by atoms with Crippen LogP contribution in [-0.4, -0.2) is 25.7 Å². The maximum atomic E-state index is 12.3. The van der Waals surface area contributed by atoms with Crippen molar-refractivity contribution in [3.8, 4) is 5.95 Å². The highest BCUT2D eigenvalue weighted by molar-refractivity contribution is 6.05. The number of anilines is 1. The first-order valence-corrected chi connectivity index (χ1v) is 6.84. The van der Waals surface area contributed by atoms with E-state index in [4.69, 9.17) is 0 Å². The predicted octanol–water partition coefficient (Wildman–Crippen LogP) is 2.53. The maximum absolute atomic E-state index is 12.3. The number of hydrogen-bond acceptors (Lipinski definition) is 4. The normalized spacial score (nSPS) is 10.5. The van der Waals surface area contributed by atoms with E-state index < -0.39 is 0 Å². The molecule has 0 fully saturated rings. The molecule has 0 saturated heterocycles. The lowest BCUT2D eigenvalue weighted by atomic mass is 10.1. The van der Waals surface area contributed by atoms with E-state index in [1.54, 1.807) is 35.5 Å². The molecule has 6 heteroatoms. The Balaban J connectivity index is 1.78. The van der Waals surface area contributed by atoms with Crippen LogP contribution in [0.2, 0.25) is 0 Å². The molecule has 0 spiro atoms. The Labute approximate surface area is 127 Å². The Morgan fingerprint density at radius 2 is 1.95 bits per heavy atom. The van der Waals surface area contributed by atoms with Crippen LogP contribution in [0.15, 0.2) is 49.1 Å². The smallest absolute Gasteiger partial charge is 0.256 e. The fourth-order valence-corrected chi connectivity index (χ4v) is 2.07. The Morgan fingerprint density at radius 3 is 2.64 bits per heavy atom. The lowest BCUT2D eigenvalue weighted by molar-refractivity contribution is 0.102. The number of hydrogen-bond donors (Lipinski definition) is 1. The lowest BCUT2D eigenvalue weighted by Crippen LogP contribution is -2.14. The van der Waals surface area contributed by atoms with E-state index in [-0.39, 0.29) is 5.91 Å². The maximum Gasteiger partial charge on any atom is 0.256 e. The van der Waals surface area contributed by atoms with Crippen LogP contribution in [0, 0.1) is 13.8 Å². The van der Waals surface area contributed by atoms with E-state index in [2.05, 4.69) is 20.4 Å². The third-order valence-corrected chi connectivity index (χ3v) is 3.24. The second kappa shape index (κ2) is 5.77. The second-order valence-electron chi connectivity index (χ2n) is 4.99. The predicted molar refractivity (Wildman–Crippen MR) is 83.0 cm³/mol. The van der Waals surface area contributed by atoms with Gasteiger partial charge in [0.2, 0.25) is 0 Å². The Morgan fingerprint density at radius 1 is 1.18 bits per heavy atom. The van der Waals surface area contributed by atoms with Gasteiger partial charge in [0.25, 0.3) is 11.9 Å². The molecule has 0 aliphatic rings. The molecule has 0 radical (unpaired) electrons. The monoisotopic (exact) mass is 293 g/mol. The molecule has 3 aromatic rings. The minimum absolute atomic E-state index is 0.170. The molecule has 1 aromatic carbocycles. The summed E-state index contributed by atoms with van der Waals surface area (Å²) < 4.78 is 1.55. The zero-order chi connectivity index (χ0) is 15.5. The Hall–Kier alpha value is -3.02. The molecule has 110 valence electrons. The number of rotatable bonds is 3. The van der Waals surface area contributed by atoms with Crippen LogP contribution in [0.4, 0.5) is 5.69 Å². The van der Waals surface area contributed by atoms with Gasteiger partial charge in [-0.05, 0) is 31.5 Å². The molecule has 3 rings (SSSR count). The van der Waals surface area contributed by atoms with E-state index in [1.165, 1.54) is 0 Å². The number of nitrogens with one attached hydrogen (secondary N) is 1. The summed E-state index contributed by atoms with van der Waals surface area (Å²) in [6.07, 6.45) is 6.53. The number of nitrogens with zero attached hydrogens (tertiary/aromatic N) is 4. The molecule has 0 bridgehead atoms. The van der Waals surface area contributed by atoms with Crippen molar-refractivity contribution in [2.24, 2.45) is 0 Å². The third kappa shape index (κ3) is 2.85. The largest absolute Gasteiger partial charge is 0.319 e. The summed E-state index contributed by atoms with van der Waals surface area (Å²) in [5, 5.41) is 6.86. The molecule has 0 unspecified atom stereocenters. The topological polar surface area (TPSA) is 72.7 Å². The van der Waals surface area contributed by atoms with Crippen molar-refractivity contribution in [1.82, 2.24) is 19.7 Å². The molecule has 1 amide bonds. The molecule has 0 atom stereocenters. The first-order valence-electron chi connectivity index (χ1n) is 6.84. The van der Waals surface area contributed by atoms with Gasteiger partial charge < -0.3 is 5.32 Å². The van der Waals surface area contributed by atoms with Crippen LogP contribution in [0.1, 0.15) is 21.5 Å². The Bertz CT molecular complexity index is 794. The summed E-state index contributed by atoms with van der Waals surface area (Å²) in [6, 6.07) is 7.57. The highest BCUT2D eigenvalue weighted by Crippen LogP contribution is 2.13. The number of amides is 1. The molecular formula is C16H15N5O. The molecule has 2 aromatic heterocycles. The summed E-state index contributed by atoms with van der Waals surface area (Å²) in [5.41, 5.74) is 3.16. The summed E-state index contributed by atoms with van der Waals surface area (Å²) in [6.45, 7) is 3.86. The van der Waals surface area contributed by atoms with Crippen LogP contribution in [0.3, 0.4) is 0 Å². The van der Waals surface area contributed by atoms with Crippen LogP contribution >= 0.6 is 0 Å². The molecule has 2 heterocycles. The highest BCUT2D eigenvalue weighted by atomic mass is 16.1. The van der Waals surface area contributed by atoms with Crippen LogP contribution in [0.5, 0.6) is 0 Å². The van der Waals surface area contributed by atoms with E-state index >= 15 is 0 Å². The van der Waals surface area contributed by atoms with Crippen LogP contribution < -0.4 is 5.32 Å². The lowest BCUT2D eigenvalue weighted by Gasteiger charge is -2.08. The van der Waals surface area contributed by atoms with Crippen molar-refractivity contribution in [2.75, 3.05) is 5.32 Å². The summed E-state index contributed by atoms with van der Waals surface area (Å²) in [7, 11) is 0. The van der Waals surface area contributed by atoms with Gasteiger partial charge in [0.05, 0.1) is 18.1 Å². The van der Waals surface area contributed by atoms with Crippen molar-refractivity contribution in [2.45, 2.75) is 13.8 Å². The SMILES string of the molecule is Cc1ccc(C)c(C(=O)Nc2cnc(-n3cccn3)nc2)c1. The molecule has 6 nitrogen and oxygen atoms in total. The van der Waals surface area contributed by atoms with Gasteiger partial charge in [-0.15, -0.1) is 0 Å². The highest BCUT2D eigenvalue weighted by Gasteiger charge is 2.10. The van der Waals surface area contributed by atoms with E-state index in [1.807, 2.05) is 32.0 Å². The van der Waals surface area contributed by atoms with Gasteiger partial charge in [-0.3, -0.25) is 4.79 Å². The van der Waals surface area contributed by atoms with Crippen molar-refractivity contribution < 1.29 is 4.79 Å². The fourth-order valence-electron chi connectivity index (χ4n) is 2.07. The molecule has 0 saturated carbocycles. The number of aromatic nitrogens is 4. The molecular weight excluding hydrogens is 278 g/mol. The Kier molecular flexibility index (Phi) is 3.65. The molecule has 0 aliphatic heterocycles. The van der Waals surface area contributed by atoms with Crippen molar-refractivity contribution >= 4 is 11.6 Å². The van der Waals surface area contributed by atoms with E-state index in [0.29, 0.717) is 17.2 Å². The average Bonchev–Trinajstić information content (AvgIpc) is 3.05. The summed E-state index contributed by atoms with van der Waals surface area (Å²) in [4.78, 5) is 20.7. The zero-order valence-corrected chi connectivity index (χ0v) is 12.3. The summed E-state index contributed by atoms with van der Waals surface area (Å²) in [5.74, 6) is 0.284. The minimum Gasteiger partial charge on any atom is -0.319 e. The second-order valence-corrected chi connectivity index (χ2v) is 4.99. The van der Waals surface area contributed by atoms with Crippen LogP contribution in [-0.2, 0) is 0 Å². The molecule has 1 N–H and O–H groups in total. The van der Waals surface area contributed by atoms with Gasteiger partial charge in [-0.2, -0.15) is 5.10 Å². The first-order chi connectivity index (χ1) is 10.6. The number of benzene rings is 1. The zero-order valence-electron chi connectivity index (χ0n) is 12.3. The van der Waals surface area contributed by atoms with Crippen molar-refractivity contribution in [3.05, 3.63) is 65.7 Å². The third-order valence-electron chi connectivity index (χ3n) is 3.24. The average molecular weight is 293 g/mol. The van der Waals surface area contributed by atoms with Gasteiger partial charge >= 0.3 is 0 Å². The van der Waals surface area contributed by atoms with E-state index in [9.17, 15) is 4.79 Å². The van der Waals surface area contributed by atoms with Gasteiger partial charge in [0.1, 0.15) is 0 Å². The van der Waals surface area contributed by atoms with Gasteiger partial charge in [0.15, 0.2) is 0 Å². The van der Waals surface area contributed by atoms with Crippen LogP contribution in [0.25, 0.3) is 5.95 Å². The van der Waals surface area contributed by atoms with Crippen molar-refractivity contribution in [3.63, 3.8) is 0 Å². The molecule has 22 heavy (non-hydrogen) atoms. The standard InChI is InChI=1S/C16H15N5O/c1-11-4-5-12(2)14(8-11)15(22)20-13-9-17-16(18-10-13)21-7-3-6-19-21/h3-10H,1-2H3,(H,20,22). The number of carbonyl (C=O) groups is 1. The van der Waals surface area contributed by atoms with E-state index in [0.717, 1.165) is 11.1 Å². The van der Waals surface area contributed by atoms with Gasteiger partial charge in [-0.25, -0.2) is 14.6 Å². The first kappa shape index (κ1) is 13.9. The summed E-state index contributed by atoms with van der Waals surface area (Å²) >= 11 is 0. The quantitative estimate of drug-likeness (QED) is 0.805. The molecule has 0 aliphatic carbocycles. The van der Waals surface area contributed by atoms with Gasteiger partial charge in [-0.1, -0.05) is 17.7 Å². The number of carbonyl (C=O) groups excluding carboxylic acids is 1. The minimum atomic E-state index is -0.170. The fraction of sp³-hybridized carbons (Fsp3) is 0.125. The van der Waals surface area contributed by atoms with Gasteiger partial charge in [0, 0.05) is 18.0 Å². The van der Waals surface area contributed by atoms with Crippen molar-refractivity contribution in [1.29, 1.82) is 0 Å². The number of aryl methyl sites for hydroxylation is 2.